The molecule has 1 aromatic heterocycles. The molecule has 0 spiro atoms. The molecule has 102 valence electrons. The summed E-state index contributed by atoms with van der Waals surface area (Å²) < 4.78 is 5.08. The van der Waals surface area contributed by atoms with Crippen LogP contribution in [0.3, 0.4) is 0 Å². The van der Waals surface area contributed by atoms with Crippen LogP contribution in [-0.4, -0.2) is 11.0 Å². The van der Waals surface area contributed by atoms with Crippen LogP contribution in [0.5, 0.6) is 0 Å². The molecule has 0 radical (unpaired) electrons. The fraction of sp³-hybridized carbons (Fsp3) is 0.0667. The fourth-order valence-electron chi connectivity index (χ4n) is 1.56. The third kappa shape index (κ3) is 4.07. The molecular weight excluding hydrogens is 272 g/mol. The zero-order valence-corrected chi connectivity index (χ0v) is 11.7. The Balaban J connectivity index is 1.88. The average Bonchev–Trinajstić information content (AvgIpc) is 2.92. The highest BCUT2D eigenvalue weighted by molar-refractivity contribution is 7.80. The number of amides is 1. The van der Waals surface area contributed by atoms with Crippen LogP contribution in [0.1, 0.15) is 11.3 Å². The average molecular weight is 286 g/mol. The van der Waals surface area contributed by atoms with Gasteiger partial charge in [-0.2, -0.15) is 0 Å². The highest BCUT2D eigenvalue weighted by atomic mass is 32.1. The lowest BCUT2D eigenvalue weighted by Crippen LogP contribution is -2.33. The van der Waals surface area contributed by atoms with Crippen LogP contribution in [0.25, 0.3) is 6.08 Å². The molecule has 0 saturated carbocycles. The lowest BCUT2D eigenvalue weighted by Gasteiger charge is -2.10. The molecule has 0 aliphatic heterocycles. The largest absolute Gasteiger partial charge is 0.465 e. The van der Waals surface area contributed by atoms with Gasteiger partial charge in [0.15, 0.2) is 5.11 Å². The summed E-state index contributed by atoms with van der Waals surface area (Å²) in [5.74, 6) is 0.297. The molecule has 0 fully saturated rings. The monoisotopic (exact) mass is 286 g/mol. The van der Waals surface area contributed by atoms with E-state index in [-0.39, 0.29) is 11.0 Å². The van der Waals surface area contributed by atoms with E-state index in [1.54, 1.807) is 24.5 Å². The van der Waals surface area contributed by atoms with Gasteiger partial charge in [-0.25, -0.2) is 0 Å². The van der Waals surface area contributed by atoms with E-state index in [1.807, 2.05) is 31.2 Å². The van der Waals surface area contributed by atoms with Gasteiger partial charge in [0.25, 0.3) is 0 Å². The first-order chi connectivity index (χ1) is 9.65. The normalized spacial score (nSPS) is 10.4. The highest BCUT2D eigenvalue weighted by Gasteiger charge is 2.03. The molecule has 4 nitrogen and oxygen atoms in total. The minimum atomic E-state index is -0.313. The Labute approximate surface area is 122 Å². The van der Waals surface area contributed by atoms with Crippen LogP contribution in [0.4, 0.5) is 5.69 Å². The van der Waals surface area contributed by atoms with Gasteiger partial charge in [-0.15, -0.1) is 0 Å². The van der Waals surface area contributed by atoms with Crippen molar-refractivity contribution in [3.8, 4) is 0 Å². The standard InChI is InChI=1S/C15H14N2O2S/c1-11-5-2-3-7-13(11)16-15(20)17-14(18)9-8-12-6-4-10-19-12/h2-10H,1H3,(H2,16,17,18,20)/b9-8+. The molecule has 5 heteroatoms. The molecule has 20 heavy (non-hydrogen) atoms. The molecule has 2 N–H and O–H groups in total. The second-order valence-corrected chi connectivity index (χ2v) is 4.52. The SMILES string of the molecule is Cc1ccccc1NC(=S)NC(=O)/C=C/c1ccco1. The van der Waals surface area contributed by atoms with Crippen LogP contribution in [-0.2, 0) is 4.79 Å². The quantitative estimate of drug-likeness (QED) is 0.672. The van der Waals surface area contributed by atoms with Crippen LogP contribution >= 0.6 is 12.2 Å². The summed E-state index contributed by atoms with van der Waals surface area (Å²) in [5.41, 5.74) is 1.92. The summed E-state index contributed by atoms with van der Waals surface area (Å²) in [6, 6.07) is 11.2. The van der Waals surface area contributed by atoms with Gasteiger partial charge in [0, 0.05) is 11.8 Å². The van der Waals surface area contributed by atoms with Crippen molar-refractivity contribution in [1.82, 2.24) is 5.32 Å². The van der Waals surface area contributed by atoms with Crippen molar-refractivity contribution in [3.05, 3.63) is 60.1 Å². The number of benzene rings is 1. The predicted molar refractivity (Wildman–Crippen MR) is 83.3 cm³/mol. The van der Waals surface area contributed by atoms with Gasteiger partial charge in [0.2, 0.25) is 5.91 Å². The summed E-state index contributed by atoms with van der Waals surface area (Å²) in [5, 5.41) is 5.81. The van der Waals surface area contributed by atoms with Gasteiger partial charge in [-0.05, 0) is 49.0 Å². The lowest BCUT2D eigenvalue weighted by molar-refractivity contribution is -0.115. The number of hydrogen-bond acceptors (Lipinski definition) is 3. The van der Waals surface area contributed by atoms with Crippen molar-refractivity contribution in [2.45, 2.75) is 6.92 Å². The summed E-state index contributed by atoms with van der Waals surface area (Å²) >= 11 is 5.09. The van der Waals surface area contributed by atoms with Crippen LogP contribution < -0.4 is 10.6 Å². The number of hydrogen-bond donors (Lipinski definition) is 2. The van der Waals surface area contributed by atoms with Crippen LogP contribution in [0.15, 0.2) is 53.2 Å². The molecule has 0 atom stereocenters. The molecule has 1 heterocycles. The molecule has 0 bridgehead atoms. The first-order valence-corrected chi connectivity index (χ1v) is 6.45. The molecule has 1 amide bonds. The van der Waals surface area contributed by atoms with Gasteiger partial charge >= 0.3 is 0 Å². The number of thiocarbonyl (C=S) groups is 1. The molecule has 1 aromatic carbocycles. The van der Waals surface area contributed by atoms with Crippen molar-refractivity contribution in [3.63, 3.8) is 0 Å². The topological polar surface area (TPSA) is 54.3 Å². The summed E-state index contributed by atoms with van der Waals surface area (Å²) in [7, 11) is 0. The molecule has 0 aliphatic carbocycles. The van der Waals surface area contributed by atoms with Crippen LogP contribution in [0, 0.1) is 6.92 Å². The second-order valence-electron chi connectivity index (χ2n) is 4.11. The summed E-state index contributed by atoms with van der Waals surface area (Å²) in [6.07, 6.45) is 4.48. The Morgan fingerprint density at radius 3 is 2.75 bits per heavy atom. The Kier molecular flexibility index (Phi) is 4.68. The highest BCUT2D eigenvalue weighted by Crippen LogP contribution is 2.12. The minimum Gasteiger partial charge on any atom is -0.465 e. The molecular formula is C15H14N2O2S. The third-order valence-corrected chi connectivity index (χ3v) is 2.78. The van der Waals surface area contributed by atoms with Crippen molar-refractivity contribution in [2.75, 3.05) is 5.32 Å². The Morgan fingerprint density at radius 2 is 2.05 bits per heavy atom. The van der Waals surface area contributed by atoms with Gasteiger partial charge < -0.3 is 9.73 Å². The number of rotatable bonds is 3. The summed E-state index contributed by atoms with van der Waals surface area (Å²) in [6.45, 7) is 1.96. The van der Waals surface area contributed by atoms with E-state index in [2.05, 4.69) is 10.6 Å². The Bertz CT molecular complexity index is 633. The smallest absolute Gasteiger partial charge is 0.250 e. The van der Waals surface area contributed by atoms with E-state index in [1.165, 1.54) is 6.08 Å². The van der Waals surface area contributed by atoms with E-state index in [4.69, 9.17) is 16.6 Å². The van der Waals surface area contributed by atoms with Gasteiger partial charge in [0.1, 0.15) is 5.76 Å². The number of para-hydroxylation sites is 1. The van der Waals surface area contributed by atoms with Crippen LogP contribution in [0.2, 0.25) is 0 Å². The molecule has 0 aliphatic rings. The van der Waals surface area contributed by atoms with Gasteiger partial charge in [-0.1, -0.05) is 18.2 Å². The number of aryl methyl sites for hydroxylation is 1. The fourth-order valence-corrected chi connectivity index (χ4v) is 1.77. The Hall–Kier alpha value is -2.40. The summed E-state index contributed by atoms with van der Waals surface area (Å²) in [4.78, 5) is 11.7. The first-order valence-electron chi connectivity index (χ1n) is 6.04. The van der Waals surface area contributed by atoms with Crippen molar-refractivity contribution >= 4 is 35.0 Å². The number of carbonyl (C=O) groups is 1. The predicted octanol–water partition coefficient (Wildman–Crippen LogP) is 3.11. The van der Waals surface area contributed by atoms with E-state index < -0.39 is 0 Å². The van der Waals surface area contributed by atoms with E-state index in [0.29, 0.717) is 5.76 Å². The zero-order chi connectivity index (χ0) is 14.4. The maximum absolute atomic E-state index is 11.7. The number of carbonyl (C=O) groups excluding carboxylic acids is 1. The molecule has 0 saturated heterocycles. The molecule has 2 aromatic rings. The van der Waals surface area contributed by atoms with Gasteiger partial charge in [-0.3, -0.25) is 10.1 Å². The van der Waals surface area contributed by atoms with E-state index in [9.17, 15) is 4.79 Å². The minimum absolute atomic E-state index is 0.258. The van der Waals surface area contributed by atoms with E-state index >= 15 is 0 Å². The van der Waals surface area contributed by atoms with Crippen molar-refractivity contribution < 1.29 is 9.21 Å². The van der Waals surface area contributed by atoms with E-state index in [0.717, 1.165) is 11.3 Å². The molecule has 0 unspecified atom stereocenters. The number of anilines is 1. The Morgan fingerprint density at radius 1 is 1.25 bits per heavy atom. The third-order valence-electron chi connectivity index (χ3n) is 2.57. The maximum Gasteiger partial charge on any atom is 0.250 e. The zero-order valence-electron chi connectivity index (χ0n) is 10.9. The molecule has 2 rings (SSSR count). The van der Waals surface area contributed by atoms with Crippen molar-refractivity contribution in [2.24, 2.45) is 0 Å². The number of furan rings is 1. The number of nitrogens with one attached hydrogen (secondary N) is 2. The lowest BCUT2D eigenvalue weighted by atomic mass is 10.2. The second kappa shape index (κ2) is 6.68. The first kappa shape index (κ1) is 14.0. The maximum atomic E-state index is 11.7. The van der Waals surface area contributed by atoms with Gasteiger partial charge in [0.05, 0.1) is 6.26 Å². The van der Waals surface area contributed by atoms with Crippen molar-refractivity contribution in [1.29, 1.82) is 0 Å².